The van der Waals surface area contributed by atoms with E-state index in [4.69, 9.17) is 14.7 Å². The number of ketones is 1. The summed E-state index contributed by atoms with van der Waals surface area (Å²) in [5.41, 5.74) is 10.4. The van der Waals surface area contributed by atoms with Crippen molar-refractivity contribution in [2.75, 3.05) is 0 Å². The van der Waals surface area contributed by atoms with Crippen LogP contribution in [0.1, 0.15) is 159 Å². The van der Waals surface area contributed by atoms with Crippen LogP contribution >= 0.6 is 11.8 Å². The molecule has 0 aliphatic carbocycles. The topological polar surface area (TPSA) is 72.3 Å². The van der Waals surface area contributed by atoms with Gasteiger partial charge in [0.2, 0.25) is 0 Å². The van der Waals surface area contributed by atoms with Crippen molar-refractivity contribution in [1.82, 2.24) is 9.97 Å². The third-order valence-electron chi connectivity index (χ3n) is 16.8. The first kappa shape index (κ1) is 64.1. The van der Waals surface area contributed by atoms with Crippen LogP contribution in [0, 0.1) is 45.6 Å². The second-order valence-corrected chi connectivity index (χ2v) is 29.8. The zero-order chi connectivity index (χ0) is 60.9. The molecule has 0 saturated carbocycles. The smallest absolute Gasteiger partial charge is 0.162 e. The van der Waals surface area contributed by atoms with E-state index >= 15 is 0 Å². The molecule has 0 unspecified atom stereocenters. The van der Waals surface area contributed by atoms with E-state index in [1.807, 2.05) is 51.9 Å². The van der Waals surface area contributed by atoms with E-state index in [0.29, 0.717) is 0 Å². The van der Waals surface area contributed by atoms with Crippen molar-refractivity contribution in [1.29, 1.82) is 0 Å². The molecule has 0 saturated heterocycles. The van der Waals surface area contributed by atoms with Crippen LogP contribution in [0.15, 0.2) is 143 Å². The number of hydrogen-bond acceptors (Lipinski definition) is 6. The quantitative estimate of drug-likeness (QED) is 0.0602. The first-order chi connectivity index (χ1) is 40.3. The summed E-state index contributed by atoms with van der Waals surface area (Å²) in [6.45, 7) is 35.8. The Morgan fingerprint density at radius 1 is 0.523 bits per heavy atom. The Balaban J connectivity index is 0.000000166. The van der Waals surface area contributed by atoms with Crippen molar-refractivity contribution in [3.05, 3.63) is 168 Å². The number of benzene rings is 8. The number of ether oxygens (including phenoxy) is 1. The predicted molar refractivity (Wildman–Crippen MR) is 363 cm³/mol. The maximum atomic E-state index is 11.7. The molecular weight excluding hydrogens is 1250 g/mol. The number of hydrogen-bond donors (Lipinski definition) is 1. The van der Waals surface area contributed by atoms with Gasteiger partial charge in [0.15, 0.2) is 5.78 Å². The monoisotopic (exact) mass is 1340 g/mol. The Morgan fingerprint density at radius 2 is 0.977 bits per heavy atom. The fourth-order valence-corrected chi connectivity index (χ4v) is 14.2. The number of aliphatic hydroxyl groups excluding tert-OH is 1. The molecular formula is C79H88IrN2O3S-2. The van der Waals surface area contributed by atoms with Gasteiger partial charge in [-0.2, -0.15) is 0 Å². The number of pyridine rings is 2. The summed E-state index contributed by atoms with van der Waals surface area (Å²) in [6.07, 6.45) is 12.8. The minimum atomic E-state index is 0. The Labute approximate surface area is 530 Å². The Morgan fingerprint density at radius 3 is 1.50 bits per heavy atom. The number of nitrogens with zero attached hydrogens (tertiary/aromatic N) is 2. The Kier molecular flexibility index (Phi) is 18.9. The SMILES string of the molecule is CC(C)(C)Cc1c2c([c-]c3ccccc13)-c1nccc3c1c(cc1c(CC(C)(C)C)cccc13)O2.CC(C)(C)Cc1c2c([c-]c3ccccc13)-c1nccc3c1c(cc1c(CC(C)(C)C)cccc13)S2.CCC(CC)C(=O)/C=C(\O)C(CC)CC.[Ir]. The molecule has 0 fully saturated rings. The zero-order valence-corrected chi connectivity index (χ0v) is 57.0. The van der Waals surface area contributed by atoms with E-state index < -0.39 is 0 Å². The van der Waals surface area contributed by atoms with E-state index in [0.717, 1.165) is 96.2 Å². The Hall–Kier alpha value is -6.37. The molecule has 12 rings (SSSR count). The molecule has 86 heavy (non-hydrogen) atoms. The van der Waals surface area contributed by atoms with Gasteiger partial charge in [-0.05, 0) is 151 Å². The summed E-state index contributed by atoms with van der Waals surface area (Å²) in [6, 6.07) is 47.2. The first-order valence-corrected chi connectivity index (χ1v) is 32.0. The van der Waals surface area contributed by atoms with Crippen LogP contribution in [0.3, 0.4) is 0 Å². The summed E-state index contributed by atoms with van der Waals surface area (Å²) in [5, 5.41) is 24.7. The van der Waals surface area contributed by atoms with E-state index in [2.05, 4.69) is 204 Å². The molecule has 4 heterocycles. The Bertz CT molecular complexity index is 3970. The van der Waals surface area contributed by atoms with Crippen molar-refractivity contribution in [2.45, 2.75) is 172 Å². The molecule has 10 aromatic rings. The predicted octanol–water partition coefficient (Wildman–Crippen LogP) is 22.8. The molecule has 0 amide bonds. The van der Waals surface area contributed by atoms with Crippen LogP contribution in [0.4, 0.5) is 0 Å². The molecule has 2 aliphatic rings. The summed E-state index contributed by atoms with van der Waals surface area (Å²) in [5.74, 6) is 2.37. The van der Waals surface area contributed by atoms with Gasteiger partial charge in [-0.15, -0.1) is 46.8 Å². The van der Waals surface area contributed by atoms with E-state index in [1.54, 1.807) is 0 Å². The maximum absolute atomic E-state index is 11.7. The van der Waals surface area contributed by atoms with Crippen LogP contribution < -0.4 is 4.74 Å². The number of aromatic nitrogens is 2. The third kappa shape index (κ3) is 13.5. The van der Waals surface area contributed by atoms with Gasteiger partial charge >= 0.3 is 0 Å². The van der Waals surface area contributed by atoms with Gasteiger partial charge < -0.3 is 9.84 Å². The number of rotatable bonds is 11. The minimum absolute atomic E-state index is 0. The van der Waals surface area contributed by atoms with Crippen molar-refractivity contribution >= 4 is 82.2 Å². The summed E-state index contributed by atoms with van der Waals surface area (Å²) in [7, 11) is 0. The minimum Gasteiger partial charge on any atom is -0.512 e. The molecule has 0 bridgehead atoms. The second kappa shape index (κ2) is 25.4. The fourth-order valence-electron chi connectivity index (χ4n) is 12.9. The molecule has 0 atom stereocenters. The average Bonchev–Trinajstić information content (AvgIpc) is 0.748. The van der Waals surface area contributed by atoms with E-state index in [1.165, 1.54) is 92.0 Å². The summed E-state index contributed by atoms with van der Waals surface area (Å²) < 4.78 is 6.86. The van der Waals surface area contributed by atoms with Crippen LogP contribution in [0.2, 0.25) is 0 Å². The van der Waals surface area contributed by atoms with Gasteiger partial charge in [-0.1, -0.05) is 217 Å². The number of aliphatic hydroxyl groups is 1. The van der Waals surface area contributed by atoms with E-state index in [-0.39, 0.29) is 65.1 Å². The molecule has 8 aromatic carbocycles. The van der Waals surface area contributed by atoms with Crippen molar-refractivity contribution in [2.24, 2.45) is 33.5 Å². The van der Waals surface area contributed by atoms with Crippen LogP contribution in [-0.2, 0) is 50.6 Å². The molecule has 2 aromatic heterocycles. The van der Waals surface area contributed by atoms with Crippen LogP contribution in [0.25, 0.3) is 87.1 Å². The van der Waals surface area contributed by atoms with Crippen molar-refractivity contribution < 1.29 is 34.7 Å². The number of allylic oxidation sites excluding steroid dienone is 2. The van der Waals surface area contributed by atoms with Gasteiger partial charge in [0, 0.05) is 72.1 Å². The number of carbonyl (C=O) groups is 1. The zero-order valence-electron chi connectivity index (χ0n) is 53.8. The first-order valence-electron chi connectivity index (χ1n) is 31.2. The van der Waals surface area contributed by atoms with Gasteiger partial charge in [-0.25, -0.2) is 0 Å². The molecule has 2 aliphatic heterocycles. The third-order valence-corrected chi connectivity index (χ3v) is 18.0. The van der Waals surface area contributed by atoms with E-state index in [9.17, 15) is 9.90 Å². The summed E-state index contributed by atoms with van der Waals surface area (Å²) >= 11 is 1.93. The van der Waals surface area contributed by atoms with Gasteiger partial charge in [-0.3, -0.25) is 14.8 Å². The second-order valence-electron chi connectivity index (χ2n) is 28.8. The fraction of sp³-hybridized carbons (Fsp3) is 0.380. The standard InChI is InChI=1S/C33H32NO.C33H32NS.C13H24O2.Ir/c2*1-32(2,3)18-21-11-9-13-23-24-14-15-34-30-26-16-20-10-7-8-12-22(20)27(19-33(4,5)6)31(26)35-28(29(24)30)17-25(21)23;1-5-10(6-2)12(14)9-13(15)11(7-3)8-4;/h2*7-15,17H,18-19H2,1-6H3;9-11,14H,5-8H2,1-4H3;/q2*-1;;/b;;12-9-;. The van der Waals surface area contributed by atoms with Gasteiger partial charge in [0.1, 0.15) is 5.75 Å². The van der Waals surface area contributed by atoms with Crippen LogP contribution in [0.5, 0.6) is 11.5 Å². The van der Waals surface area contributed by atoms with Crippen molar-refractivity contribution in [3.63, 3.8) is 0 Å². The molecule has 7 heteroatoms. The molecule has 1 N–H and O–H groups in total. The van der Waals surface area contributed by atoms with Crippen molar-refractivity contribution in [3.8, 4) is 34.0 Å². The largest absolute Gasteiger partial charge is 0.512 e. The maximum Gasteiger partial charge on any atom is 0.162 e. The average molecular weight is 1340 g/mol. The molecule has 5 nitrogen and oxygen atoms in total. The summed E-state index contributed by atoms with van der Waals surface area (Å²) in [4.78, 5) is 24.2. The molecule has 0 spiro atoms. The number of fused-ring (bicyclic) bond motifs is 10. The normalized spacial score (nSPS) is 13.1. The van der Waals surface area contributed by atoms with Gasteiger partial charge in [0.05, 0.1) is 11.5 Å². The molecule has 1 radical (unpaired) electrons. The van der Waals surface area contributed by atoms with Gasteiger partial charge in [0.25, 0.3) is 0 Å². The molecule has 449 valence electrons. The number of carbonyl (C=O) groups excluding carboxylic acids is 1. The van der Waals surface area contributed by atoms with Crippen LogP contribution in [-0.4, -0.2) is 20.9 Å².